The molecule has 2 aromatic rings. The summed E-state index contributed by atoms with van der Waals surface area (Å²) in [4.78, 5) is 16.6. The second-order valence-corrected chi connectivity index (χ2v) is 9.48. The third-order valence-corrected chi connectivity index (χ3v) is 6.86. The van der Waals surface area contributed by atoms with E-state index >= 15 is 0 Å². The molecule has 0 saturated carbocycles. The highest BCUT2D eigenvalue weighted by atomic mass is 32.2. The average Bonchev–Trinajstić information content (AvgIpc) is 2.99. The predicted octanol–water partition coefficient (Wildman–Crippen LogP) is 2.91. The molecule has 2 amide bonds. The second-order valence-electron chi connectivity index (χ2n) is 7.32. The molecule has 0 bridgehead atoms. The molecule has 0 aromatic heterocycles. The number of sulfone groups is 1. The lowest BCUT2D eigenvalue weighted by atomic mass is 10.1. The van der Waals surface area contributed by atoms with Crippen LogP contribution in [0.15, 0.2) is 48.5 Å². The third kappa shape index (κ3) is 2.98. The number of benzene rings is 2. The number of hydrogen-bond donors (Lipinski definition) is 0. The summed E-state index contributed by atoms with van der Waals surface area (Å²) in [5.41, 5.74) is 3.92. The lowest BCUT2D eigenvalue weighted by molar-refractivity contribution is 0.206. The van der Waals surface area contributed by atoms with Crippen LogP contribution in [0.5, 0.6) is 0 Å². The number of hydrogen-bond acceptors (Lipinski definition) is 3. The van der Waals surface area contributed by atoms with Crippen molar-refractivity contribution in [3.63, 3.8) is 0 Å². The fraction of sp³-hybridized carbons (Fsp3) is 0.350. The lowest BCUT2D eigenvalue weighted by Crippen LogP contribution is -2.37. The smallest absolute Gasteiger partial charge is 0.314 e. The third-order valence-electron chi connectivity index (χ3n) is 5.16. The van der Waals surface area contributed by atoms with Crippen molar-refractivity contribution in [2.75, 3.05) is 16.4 Å². The van der Waals surface area contributed by atoms with Crippen molar-refractivity contribution in [2.45, 2.75) is 32.5 Å². The van der Waals surface area contributed by atoms with Gasteiger partial charge in [0.05, 0.1) is 23.6 Å². The Morgan fingerprint density at radius 2 is 1.58 bits per heavy atom. The Balaban J connectivity index is 1.74. The Hall–Kier alpha value is -2.34. The van der Waals surface area contributed by atoms with Crippen LogP contribution in [0.1, 0.15) is 16.7 Å². The zero-order valence-corrected chi connectivity index (χ0v) is 15.7. The van der Waals surface area contributed by atoms with E-state index in [2.05, 4.69) is 6.07 Å². The molecule has 2 aliphatic heterocycles. The number of carbonyl (C=O) groups excluding carboxylic acids is 1. The summed E-state index contributed by atoms with van der Waals surface area (Å²) in [6, 6.07) is 15.0. The molecule has 2 aromatic carbocycles. The van der Waals surface area contributed by atoms with Crippen LogP contribution in [-0.4, -0.2) is 42.9 Å². The molecule has 0 spiro atoms. The van der Waals surface area contributed by atoms with E-state index in [1.807, 2.05) is 56.3 Å². The van der Waals surface area contributed by atoms with Gasteiger partial charge in [-0.25, -0.2) is 13.2 Å². The molecule has 2 aliphatic rings. The fourth-order valence-corrected chi connectivity index (χ4v) is 6.08. The number of urea groups is 1. The summed E-state index contributed by atoms with van der Waals surface area (Å²) in [5, 5.41) is 0. The summed E-state index contributed by atoms with van der Waals surface area (Å²) in [6.07, 6.45) is 0. The van der Waals surface area contributed by atoms with Gasteiger partial charge in [-0.15, -0.1) is 0 Å². The number of rotatable bonds is 3. The van der Waals surface area contributed by atoms with E-state index in [0.717, 1.165) is 22.4 Å². The standard InChI is InChI=1S/C20H22N2O3S/c1-14-8-15(2)10-17(9-14)22-19-13-26(24,25)12-18(19)21(20(22)23)11-16-6-4-3-5-7-16/h3-10,18-19H,11-13H2,1-2H3/t18-,19+/m1/s1. The molecule has 2 heterocycles. The average molecular weight is 370 g/mol. The van der Waals surface area contributed by atoms with Crippen LogP contribution >= 0.6 is 0 Å². The maximum atomic E-state index is 13.2. The molecular weight excluding hydrogens is 348 g/mol. The Labute approximate surface area is 154 Å². The van der Waals surface area contributed by atoms with Crippen LogP contribution in [0.25, 0.3) is 0 Å². The molecule has 0 N–H and O–H groups in total. The summed E-state index contributed by atoms with van der Waals surface area (Å²) >= 11 is 0. The minimum Gasteiger partial charge on any atom is -0.314 e. The number of carbonyl (C=O) groups is 1. The van der Waals surface area contributed by atoms with Crippen LogP contribution < -0.4 is 4.90 Å². The molecule has 4 rings (SSSR count). The molecule has 0 aliphatic carbocycles. The van der Waals surface area contributed by atoms with E-state index in [0.29, 0.717) is 6.54 Å². The lowest BCUT2D eigenvalue weighted by Gasteiger charge is -2.23. The highest BCUT2D eigenvalue weighted by Gasteiger charge is 2.53. The Bertz CT molecular complexity index is 936. The normalized spacial score (nSPS) is 24.2. The van der Waals surface area contributed by atoms with Crippen LogP contribution in [0.3, 0.4) is 0 Å². The maximum absolute atomic E-state index is 13.2. The van der Waals surface area contributed by atoms with Gasteiger partial charge in [0.1, 0.15) is 0 Å². The van der Waals surface area contributed by atoms with Crippen LogP contribution in [0.4, 0.5) is 10.5 Å². The van der Waals surface area contributed by atoms with Crippen molar-refractivity contribution in [1.82, 2.24) is 4.90 Å². The first-order chi connectivity index (χ1) is 12.3. The number of anilines is 1. The van der Waals surface area contributed by atoms with Crippen LogP contribution in [-0.2, 0) is 16.4 Å². The van der Waals surface area contributed by atoms with Gasteiger partial charge in [-0.2, -0.15) is 0 Å². The van der Waals surface area contributed by atoms with Crippen molar-refractivity contribution in [3.05, 3.63) is 65.2 Å². The highest BCUT2D eigenvalue weighted by molar-refractivity contribution is 7.91. The fourth-order valence-electron chi connectivity index (χ4n) is 4.13. The Morgan fingerprint density at radius 3 is 2.23 bits per heavy atom. The van der Waals surface area contributed by atoms with Crippen molar-refractivity contribution in [1.29, 1.82) is 0 Å². The van der Waals surface area contributed by atoms with E-state index in [1.165, 1.54) is 0 Å². The van der Waals surface area contributed by atoms with Crippen molar-refractivity contribution in [2.24, 2.45) is 0 Å². The second kappa shape index (κ2) is 6.13. The molecule has 136 valence electrons. The summed E-state index contributed by atoms with van der Waals surface area (Å²) in [7, 11) is -3.15. The van der Waals surface area contributed by atoms with Crippen LogP contribution in [0.2, 0.25) is 0 Å². The summed E-state index contributed by atoms with van der Waals surface area (Å²) in [6.45, 7) is 4.40. The zero-order valence-electron chi connectivity index (χ0n) is 14.9. The van der Waals surface area contributed by atoms with Gasteiger partial charge in [-0.3, -0.25) is 4.90 Å². The first-order valence-corrected chi connectivity index (χ1v) is 10.6. The number of aryl methyl sites for hydroxylation is 2. The predicted molar refractivity (Wildman–Crippen MR) is 102 cm³/mol. The molecule has 2 saturated heterocycles. The van der Waals surface area contributed by atoms with Gasteiger partial charge < -0.3 is 4.90 Å². The van der Waals surface area contributed by atoms with E-state index in [1.54, 1.807) is 9.80 Å². The monoisotopic (exact) mass is 370 g/mol. The zero-order chi connectivity index (χ0) is 18.5. The number of fused-ring (bicyclic) bond motifs is 1. The molecule has 0 radical (unpaired) electrons. The SMILES string of the molecule is Cc1cc(C)cc(N2C(=O)N(Cc3ccccc3)[C@@H]3CS(=O)(=O)C[C@@H]32)c1. The van der Waals surface area contributed by atoms with Gasteiger partial charge >= 0.3 is 6.03 Å². The molecule has 6 heteroatoms. The molecule has 2 atom stereocenters. The van der Waals surface area contributed by atoms with Crippen molar-refractivity contribution >= 4 is 21.6 Å². The van der Waals surface area contributed by atoms with Crippen LogP contribution in [0, 0.1) is 13.8 Å². The Kier molecular flexibility index (Phi) is 4.03. The van der Waals surface area contributed by atoms with Gasteiger partial charge in [0.2, 0.25) is 0 Å². The van der Waals surface area contributed by atoms with Crippen molar-refractivity contribution < 1.29 is 13.2 Å². The number of amides is 2. The molecular formula is C20H22N2O3S. The minimum atomic E-state index is -3.15. The maximum Gasteiger partial charge on any atom is 0.325 e. The quantitative estimate of drug-likeness (QED) is 0.781. The summed E-state index contributed by atoms with van der Waals surface area (Å²) < 4.78 is 24.6. The van der Waals surface area contributed by atoms with E-state index in [-0.39, 0.29) is 29.6 Å². The first kappa shape index (κ1) is 17.1. The van der Waals surface area contributed by atoms with E-state index in [4.69, 9.17) is 0 Å². The largest absolute Gasteiger partial charge is 0.325 e. The first-order valence-electron chi connectivity index (χ1n) is 8.76. The van der Waals surface area contributed by atoms with Crippen molar-refractivity contribution in [3.8, 4) is 0 Å². The Morgan fingerprint density at radius 1 is 0.962 bits per heavy atom. The van der Waals surface area contributed by atoms with E-state index < -0.39 is 9.84 Å². The van der Waals surface area contributed by atoms with Gasteiger partial charge in [0, 0.05) is 12.2 Å². The molecule has 5 nitrogen and oxygen atoms in total. The van der Waals surface area contributed by atoms with Gasteiger partial charge in [0.15, 0.2) is 9.84 Å². The molecule has 26 heavy (non-hydrogen) atoms. The van der Waals surface area contributed by atoms with E-state index in [9.17, 15) is 13.2 Å². The highest BCUT2D eigenvalue weighted by Crippen LogP contribution is 2.36. The topological polar surface area (TPSA) is 57.7 Å². The number of nitrogens with zero attached hydrogens (tertiary/aromatic N) is 2. The minimum absolute atomic E-state index is 0.0295. The summed E-state index contributed by atoms with van der Waals surface area (Å²) in [5.74, 6) is 0.0687. The van der Waals surface area contributed by atoms with Gasteiger partial charge in [-0.05, 0) is 42.7 Å². The molecule has 2 fully saturated rings. The molecule has 0 unspecified atom stereocenters. The van der Waals surface area contributed by atoms with Gasteiger partial charge in [0.25, 0.3) is 0 Å². The van der Waals surface area contributed by atoms with Gasteiger partial charge in [-0.1, -0.05) is 36.4 Å².